The highest BCUT2D eigenvalue weighted by Crippen LogP contribution is 2.23. The van der Waals surface area contributed by atoms with Crippen molar-refractivity contribution in [3.63, 3.8) is 0 Å². The van der Waals surface area contributed by atoms with Crippen molar-refractivity contribution >= 4 is 41.4 Å². The fraction of sp³-hybridized carbons (Fsp3) is 0.300. The number of nitrogens with zero attached hydrogens (tertiary/aromatic N) is 3. The SMILES string of the molecule is CCN(C)C=Nc1cc(C)c(C=NOCc2ccc(Cl)cc2Cl)cc1C. The summed E-state index contributed by atoms with van der Waals surface area (Å²) in [6, 6.07) is 9.39. The Morgan fingerprint density at radius 3 is 2.58 bits per heavy atom. The molecular weight excluding hydrogens is 369 g/mol. The number of aliphatic imine (C=N–C) groups is 1. The first-order valence-corrected chi connectivity index (χ1v) is 9.11. The van der Waals surface area contributed by atoms with E-state index in [1.165, 1.54) is 0 Å². The van der Waals surface area contributed by atoms with Crippen molar-refractivity contribution < 1.29 is 4.84 Å². The lowest BCUT2D eigenvalue weighted by atomic mass is 10.0. The summed E-state index contributed by atoms with van der Waals surface area (Å²) in [4.78, 5) is 11.9. The lowest BCUT2D eigenvalue weighted by molar-refractivity contribution is 0.132. The van der Waals surface area contributed by atoms with Crippen molar-refractivity contribution in [3.05, 3.63) is 62.6 Å². The maximum atomic E-state index is 6.12. The van der Waals surface area contributed by atoms with Gasteiger partial charge in [-0.05, 0) is 61.7 Å². The average Bonchev–Trinajstić information content (AvgIpc) is 2.61. The van der Waals surface area contributed by atoms with Gasteiger partial charge >= 0.3 is 0 Å². The quantitative estimate of drug-likeness (QED) is 0.341. The summed E-state index contributed by atoms with van der Waals surface area (Å²) in [6.45, 7) is 7.35. The van der Waals surface area contributed by atoms with Gasteiger partial charge in [0.25, 0.3) is 0 Å². The molecule has 138 valence electrons. The Labute approximate surface area is 165 Å². The molecule has 0 aromatic heterocycles. The molecule has 0 aliphatic heterocycles. The van der Waals surface area contributed by atoms with Gasteiger partial charge < -0.3 is 9.74 Å². The molecule has 0 saturated carbocycles. The first kappa shape index (κ1) is 20.3. The molecule has 0 saturated heterocycles. The van der Waals surface area contributed by atoms with E-state index in [0.29, 0.717) is 10.0 Å². The minimum atomic E-state index is 0.288. The Hall–Kier alpha value is -2.04. The molecule has 0 bridgehead atoms. The van der Waals surface area contributed by atoms with E-state index in [-0.39, 0.29) is 6.61 Å². The van der Waals surface area contributed by atoms with E-state index < -0.39 is 0 Å². The van der Waals surface area contributed by atoms with Gasteiger partial charge in [-0.25, -0.2) is 4.99 Å². The summed E-state index contributed by atoms with van der Waals surface area (Å²) in [5, 5.41) is 5.22. The van der Waals surface area contributed by atoms with Crippen molar-refractivity contribution in [2.75, 3.05) is 13.6 Å². The molecule has 2 aromatic rings. The number of rotatable bonds is 7. The van der Waals surface area contributed by atoms with Crippen LogP contribution < -0.4 is 0 Å². The van der Waals surface area contributed by atoms with Crippen LogP contribution in [0.2, 0.25) is 10.0 Å². The summed E-state index contributed by atoms with van der Waals surface area (Å²) < 4.78 is 0. The summed E-state index contributed by atoms with van der Waals surface area (Å²) in [5.74, 6) is 0. The van der Waals surface area contributed by atoms with Crippen LogP contribution in [0, 0.1) is 13.8 Å². The van der Waals surface area contributed by atoms with Crippen molar-refractivity contribution in [2.24, 2.45) is 10.1 Å². The van der Waals surface area contributed by atoms with Crippen LogP contribution in [0.1, 0.15) is 29.2 Å². The van der Waals surface area contributed by atoms with Crippen LogP contribution in [0.4, 0.5) is 5.69 Å². The number of halogens is 2. The molecular formula is C20H23Cl2N3O. The van der Waals surface area contributed by atoms with Gasteiger partial charge in [-0.1, -0.05) is 34.4 Å². The number of oxime groups is 1. The second kappa shape index (κ2) is 9.60. The molecule has 2 rings (SSSR count). The molecule has 0 aliphatic rings. The zero-order valence-corrected chi connectivity index (χ0v) is 17.0. The Morgan fingerprint density at radius 1 is 1.12 bits per heavy atom. The normalized spacial score (nSPS) is 11.5. The largest absolute Gasteiger partial charge is 0.391 e. The molecule has 2 aromatic carbocycles. The molecule has 6 heteroatoms. The van der Waals surface area contributed by atoms with Crippen molar-refractivity contribution in [1.82, 2.24) is 4.90 Å². The Bertz CT molecular complexity index is 819. The minimum Gasteiger partial charge on any atom is -0.391 e. The van der Waals surface area contributed by atoms with Gasteiger partial charge in [0, 0.05) is 29.2 Å². The van der Waals surface area contributed by atoms with Crippen LogP contribution in [-0.2, 0) is 11.4 Å². The lowest BCUT2D eigenvalue weighted by Gasteiger charge is -2.10. The first-order chi connectivity index (χ1) is 12.4. The highest BCUT2D eigenvalue weighted by Gasteiger charge is 2.04. The topological polar surface area (TPSA) is 37.2 Å². The van der Waals surface area contributed by atoms with Crippen LogP contribution in [0.3, 0.4) is 0 Å². The van der Waals surface area contributed by atoms with E-state index >= 15 is 0 Å². The zero-order valence-electron chi connectivity index (χ0n) is 15.5. The summed E-state index contributed by atoms with van der Waals surface area (Å²) in [5.41, 5.74) is 4.95. The molecule has 0 spiro atoms. The smallest absolute Gasteiger partial charge is 0.143 e. The van der Waals surface area contributed by atoms with Crippen LogP contribution in [0.25, 0.3) is 0 Å². The van der Waals surface area contributed by atoms with Crippen LogP contribution in [0.15, 0.2) is 40.5 Å². The predicted octanol–water partition coefficient (Wildman–Crippen LogP) is 5.77. The number of hydrogen-bond acceptors (Lipinski definition) is 3. The Balaban J connectivity index is 2.03. The van der Waals surface area contributed by atoms with E-state index in [9.17, 15) is 0 Å². The minimum absolute atomic E-state index is 0.288. The van der Waals surface area contributed by atoms with Gasteiger partial charge in [-0.3, -0.25) is 0 Å². The molecule has 0 aliphatic carbocycles. The first-order valence-electron chi connectivity index (χ1n) is 8.35. The summed E-state index contributed by atoms with van der Waals surface area (Å²) >= 11 is 12.0. The second-order valence-corrected chi connectivity index (χ2v) is 6.90. The summed E-state index contributed by atoms with van der Waals surface area (Å²) in [7, 11) is 2.00. The van der Waals surface area contributed by atoms with Crippen molar-refractivity contribution in [1.29, 1.82) is 0 Å². The molecule has 0 heterocycles. The van der Waals surface area contributed by atoms with Crippen LogP contribution >= 0.6 is 23.2 Å². The zero-order chi connectivity index (χ0) is 19.1. The third-order valence-electron chi connectivity index (χ3n) is 3.98. The van der Waals surface area contributed by atoms with E-state index in [2.05, 4.69) is 23.1 Å². The molecule has 0 atom stereocenters. The maximum absolute atomic E-state index is 6.12. The lowest BCUT2D eigenvalue weighted by Crippen LogP contribution is -2.14. The molecule has 0 N–H and O–H groups in total. The fourth-order valence-electron chi connectivity index (χ4n) is 2.18. The standard InChI is InChI=1S/C20H23Cl2N3O/c1-5-25(4)13-23-20-9-14(2)17(8-15(20)3)11-24-26-12-16-6-7-18(21)10-19(16)22/h6-11,13H,5,12H2,1-4H3. The molecule has 0 radical (unpaired) electrons. The molecule has 0 fully saturated rings. The van der Waals surface area contributed by atoms with Gasteiger partial charge in [-0.2, -0.15) is 0 Å². The third-order valence-corrected chi connectivity index (χ3v) is 4.57. The third kappa shape index (κ3) is 5.75. The Kier molecular flexibility index (Phi) is 7.49. The summed E-state index contributed by atoms with van der Waals surface area (Å²) in [6.07, 6.45) is 3.55. The van der Waals surface area contributed by atoms with Crippen LogP contribution in [0.5, 0.6) is 0 Å². The maximum Gasteiger partial charge on any atom is 0.143 e. The number of benzene rings is 2. The monoisotopic (exact) mass is 391 g/mol. The van der Waals surface area contributed by atoms with E-state index in [0.717, 1.165) is 34.5 Å². The van der Waals surface area contributed by atoms with Gasteiger partial charge in [0.05, 0.1) is 18.2 Å². The van der Waals surface area contributed by atoms with Gasteiger partial charge in [0.1, 0.15) is 6.61 Å². The molecule has 0 amide bonds. The number of hydrogen-bond donors (Lipinski definition) is 0. The van der Waals surface area contributed by atoms with Gasteiger partial charge in [-0.15, -0.1) is 0 Å². The van der Waals surface area contributed by atoms with Gasteiger partial charge in [0.15, 0.2) is 0 Å². The highest BCUT2D eigenvalue weighted by atomic mass is 35.5. The van der Waals surface area contributed by atoms with Gasteiger partial charge in [0.2, 0.25) is 0 Å². The van der Waals surface area contributed by atoms with E-state index in [4.69, 9.17) is 28.0 Å². The molecule has 4 nitrogen and oxygen atoms in total. The van der Waals surface area contributed by atoms with Crippen molar-refractivity contribution in [2.45, 2.75) is 27.4 Å². The molecule has 0 unspecified atom stereocenters. The highest BCUT2D eigenvalue weighted by molar-refractivity contribution is 6.35. The Morgan fingerprint density at radius 2 is 1.88 bits per heavy atom. The predicted molar refractivity (Wildman–Crippen MR) is 111 cm³/mol. The van der Waals surface area contributed by atoms with Crippen molar-refractivity contribution in [3.8, 4) is 0 Å². The number of aryl methyl sites for hydroxylation is 2. The fourth-order valence-corrected chi connectivity index (χ4v) is 2.65. The molecule has 26 heavy (non-hydrogen) atoms. The van der Waals surface area contributed by atoms with E-state index in [1.807, 2.05) is 44.3 Å². The van der Waals surface area contributed by atoms with Crippen LogP contribution in [-0.4, -0.2) is 31.0 Å². The van der Waals surface area contributed by atoms with E-state index in [1.54, 1.807) is 18.3 Å². The second-order valence-electron chi connectivity index (χ2n) is 6.06. The average molecular weight is 392 g/mol.